The Labute approximate surface area is 107 Å². The lowest BCUT2D eigenvalue weighted by Gasteiger charge is -2.46. The monoisotopic (exact) mass is 245 g/mol. The number of anilines is 1. The minimum atomic E-state index is 0.00340. The highest BCUT2D eigenvalue weighted by Gasteiger charge is 2.38. The minimum Gasteiger partial charge on any atom is -0.368 e. The Morgan fingerprint density at radius 2 is 2.22 bits per heavy atom. The summed E-state index contributed by atoms with van der Waals surface area (Å²) in [5.41, 5.74) is 1.17. The Kier molecular flexibility index (Phi) is 2.94. The maximum atomic E-state index is 11.6. The second-order valence-corrected chi connectivity index (χ2v) is 5.42. The van der Waals surface area contributed by atoms with Crippen LogP contribution in [0.15, 0.2) is 24.5 Å². The summed E-state index contributed by atoms with van der Waals surface area (Å²) in [5, 5.41) is 3.23. The molecule has 1 N–H and O–H groups in total. The molecule has 1 atom stereocenters. The lowest BCUT2D eigenvalue weighted by atomic mass is 9.81. The normalized spacial score (nSPS) is 28.2. The van der Waals surface area contributed by atoms with Crippen molar-refractivity contribution in [1.82, 2.24) is 10.3 Å². The van der Waals surface area contributed by atoms with Gasteiger partial charge in [0.2, 0.25) is 5.91 Å². The van der Waals surface area contributed by atoms with Crippen LogP contribution >= 0.6 is 0 Å². The Morgan fingerprint density at radius 3 is 3.00 bits per heavy atom. The maximum absolute atomic E-state index is 11.6. The molecule has 0 saturated carbocycles. The van der Waals surface area contributed by atoms with Gasteiger partial charge < -0.3 is 10.2 Å². The summed E-state index contributed by atoms with van der Waals surface area (Å²) >= 11 is 0. The van der Waals surface area contributed by atoms with E-state index in [1.807, 2.05) is 12.3 Å². The Balaban J connectivity index is 1.77. The van der Waals surface area contributed by atoms with Gasteiger partial charge in [-0.2, -0.15) is 0 Å². The van der Waals surface area contributed by atoms with Crippen molar-refractivity contribution in [3.8, 4) is 0 Å². The number of nitrogens with one attached hydrogen (secondary N) is 1. The summed E-state index contributed by atoms with van der Waals surface area (Å²) < 4.78 is 0. The van der Waals surface area contributed by atoms with Gasteiger partial charge in [-0.05, 0) is 37.8 Å². The van der Waals surface area contributed by atoms with Crippen LogP contribution in [0.3, 0.4) is 0 Å². The van der Waals surface area contributed by atoms with Crippen LogP contribution in [0.25, 0.3) is 0 Å². The summed E-state index contributed by atoms with van der Waals surface area (Å²) in [4.78, 5) is 18.2. The highest BCUT2D eigenvalue weighted by Crippen LogP contribution is 2.31. The zero-order valence-electron chi connectivity index (χ0n) is 10.6. The second kappa shape index (κ2) is 4.59. The van der Waals surface area contributed by atoms with Gasteiger partial charge in [-0.3, -0.25) is 9.78 Å². The molecule has 96 valence electrons. The van der Waals surface area contributed by atoms with E-state index in [1.165, 1.54) is 0 Å². The average Bonchev–Trinajstić information content (AvgIpc) is 2.39. The largest absolute Gasteiger partial charge is 0.368 e. The molecule has 1 aromatic rings. The summed E-state index contributed by atoms with van der Waals surface area (Å²) in [6, 6.07) is 4.06. The molecule has 1 amide bonds. The topological polar surface area (TPSA) is 45.2 Å². The van der Waals surface area contributed by atoms with E-state index in [2.05, 4.69) is 21.3 Å². The van der Waals surface area contributed by atoms with Crippen molar-refractivity contribution in [3.63, 3.8) is 0 Å². The molecule has 0 aromatic carbocycles. The summed E-state index contributed by atoms with van der Waals surface area (Å²) in [5.74, 6) is 0.217. The van der Waals surface area contributed by atoms with Gasteiger partial charge in [0.05, 0.1) is 17.4 Å². The Morgan fingerprint density at radius 1 is 1.33 bits per heavy atom. The van der Waals surface area contributed by atoms with Crippen LogP contribution < -0.4 is 10.2 Å². The first-order chi connectivity index (χ1) is 8.77. The van der Waals surface area contributed by atoms with Crippen LogP contribution in [0.1, 0.15) is 32.1 Å². The molecule has 1 spiro atoms. The molecular weight excluding hydrogens is 226 g/mol. The zero-order chi connectivity index (χ0) is 12.4. The molecule has 4 nitrogen and oxygen atoms in total. The van der Waals surface area contributed by atoms with Gasteiger partial charge in [-0.25, -0.2) is 0 Å². The number of piperidine rings is 2. The molecule has 3 heterocycles. The number of aromatic nitrogens is 1. The first kappa shape index (κ1) is 11.5. The van der Waals surface area contributed by atoms with Crippen LogP contribution in [0.5, 0.6) is 0 Å². The second-order valence-electron chi connectivity index (χ2n) is 5.42. The van der Waals surface area contributed by atoms with Crippen molar-refractivity contribution in [2.45, 2.75) is 37.6 Å². The molecule has 1 aromatic heterocycles. The van der Waals surface area contributed by atoms with E-state index in [0.29, 0.717) is 6.42 Å². The van der Waals surface area contributed by atoms with E-state index in [0.717, 1.165) is 44.5 Å². The molecular formula is C14H19N3O. The number of hydrogen-bond acceptors (Lipinski definition) is 3. The smallest absolute Gasteiger partial charge is 0.220 e. The standard InChI is InChI=1S/C14H19N3O/c18-13-5-1-6-14(16-13)7-3-9-17(11-14)12-4-2-8-15-10-12/h2,4,8,10H,1,3,5-7,9,11H2,(H,16,18). The third kappa shape index (κ3) is 2.19. The van der Waals surface area contributed by atoms with E-state index in [1.54, 1.807) is 6.20 Å². The van der Waals surface area contributed by atoms with Crippen LogP contribution in [0.4, 0.5) is 5.69 Å². The van der Waals surface area contributed by atoms with E-state index in [4.69, 9.17) is 0 Å². The van der Waals surface area contributed by atoms with Crippen molar-refractivity contribution in [2.24, 2.45) is 0 Å². The number of rotatable bonds is 1. The highest BCUT2D eigenvalue weighted by molar-refractivity contribution is 5.77. The van der Waals surface area contributed by atoms with E-state index in [-0.39, 0.29) is 11.4 Å². The number of nitrogens with zero attached hydrogens (tertiary/aromatic N) is 2. The molecule has 2 saturated heterocycles. The van der Waals surface area contributed by atoms with Gasteiger partial charge in [0.25, 0.3) is 0 Å². The highest BCUT2D eigenvalue weighted by atomic mass is 16.1. The molecule has 0 radical (unpaired) electrons. The van der Waals surface area contributed by atoms with E-state index < -0.39 is 0 Å². The third-order valence-corrected chi connectivity index (χ3v) is 4.05. The van der Waals surface area contributed by atoms with Crippen molar-refractivity contribution in [1.29, 1.82) is 0 Å². The van der Waals surface area contributed by atoms with Gasteiger partial charge in [0, 0.05) is 25.7 Å². The van der Waals surface area contributed by atoms with Crippen LogP contribution in [-0.2, 0) is 4.79 Å². The van der Waals surface area contributed by atoms with Crippen molar-refractivity contribution in [2.75, 3.05) is 18.0 Å². The van der Waals surface area contributed by atoms with Gasteiger partial charge in [-0.1, -0.05) is 0 Å². The quantitative estimate of drug-likeness (QED) is 0.819. The maximum Gasteiger partial charge on any atom is 0.220 e. The van der Waals surface area contributed by atoms with Crippen molar-refractivity contribution < 1.29 is 4.79 Å². The van der Waals surface area contributed by atoms with Gasteiger partial charge in [0.15, 0.2) is 0 Å². The molecule has 2 fully saturated rings. The lowest BCUT2D eigenvalue weighted by Crippen LogP contribution is -2.60. The fourth-order valence-corrected chi connectivity index (χ4v) is 3.21. The van der Waals surface area contributed by atoms with Crippen LogP contribution in [-0.4, -0.2) is 29.5 Å². The first-order valence-corrected chi connectivity index (χ1v) is 6.73. The number of hydrogen-bond donors (Lipinski definition) is 1. The van der Waals surface area contributed by atoms with Crippen LogP contribution in [0.2, 0.25) is 0 Å². The fraction of sp³-hybridized carbons (Fsp3) is 0.571. The minimum absolute atomic E-state index is 0.00340. The molecule has 0 aliphatic carbocycles. The molecule has 2 aliphatic heterocycles. The van der Waals surface area contributed by atoms with Crippen molar-refractivity contribution >= 4 is 11.6 Å². The fourth-order valence-electron chi connectivity index (χ4n) is 3.21. The molecule has 18 heavy (non-hydrogen) atoms. The number of carbonyl (C=O) groups is 1. The number of amides is 1. The van der Waals surface area contributed by atoms with Gasteiger partial charge >= 0.3 is 0 Å². The molecule has 3 rings (SSSR count). The molecule has 0 bridgehead atoms. The zero-order valence-corrected chi connectivity index (χ0v) is 10.6. The van der Waals surface area contributed by atoms with Crippen molar-refractivity contribution in [3.05, 3.63) is 24.5 Å². The van der Waals surface area contributed by atoms with Gasteiger partial charge in [-0.15, -0.1) is 0 Å². The number of carbonyl (C=O) groups excluding carboxylic acids is 1. The molecule has 2 aliphatic rings. The van der Waals surface area contributed by atoms with E-state index in [9.17, 15) is 4.79 Å². The van der Waals surface area contributed by atoms with Gasteiger partial charge in [0.1, 0.15) is 0 Å². The van der Waals surface area contributed by atoms with E-state index >= 15 is 0 Å². The SMILES string of the molecule is O=C1CCCC2(CCCN(c3cccnc3)C2)N1. The average molecular weight is 245 g/mol. The summed E-state index contributed by atoms with van der Waals surface area (Å²) in [6.45, 7) is 1.98. The third-order valence-electron chi connectivity index (χ3n) is 4.05. The summed E-state index contributed by atoms with van der Waals surface area (Å²) in [7, 11) is 0. The van der Waals surface area contributed by atoms with Crippen LogP contribution in [0, 0.1) is 0 Å². The predicted molar refractivity (Wildman–Crippen MR) is 70.4 cm³/mol. The molecule has 4 heteroatoms. The first-order valence-electron chi connectivity index (χ1n) is 6.73. The number of pyridine rings is 1. The Bertz CT molecular complexity index is 430. The molecule has 1 unspecified atom stereocenters. The summed E-state index contributed by atoms with van der Waals surface area (Å²) in [6.07, 6.45) is 8.76. The Hall–Kier alpha value is -1.58. The predicted octanol–water partition coefficient (Wildman–Crippen LogP) is 1.72. The lowest BCUT2D eigenvalue weighted by molar-refractivity contribution is -0.125.